The molecule has 0 aliphatic carbocycles. The number of amidine groups is 1. The minimum absolute atomic E-state index is 0.0332. The molecule has 2 aliphatic rings. The number of benzene rings is 3. The van der Waals surface area contributed by atoms with Crippen LogP contribution in [0.1, 0.15) is 68.0 Å². The Morgan fingerprint density at radius 2 is 1.49 bits per heavy atom. The number of carbonyl (C=O) groups is 1. The van der Waals surface area contributed by atoms with Gasteiger partial charge in [-0.3, -0.25) is 9.89 Å². The van der Waals surface area contributed by atoms with Gasteiger partial charge >= 0.3 is 6.03 Å². The van der Waals surface area contributed by atoms with Gasteiger partial charge in [0.25, 0.3) is 0 Å². The molecule has 9 heteroatoms. The van der Waals surface area contributed by atoms with Gasteiger partial charge in [-0.1, -0.05) is 93.0 Å². The van der Waals surface area contributed by atoms with Gasteiger partial charge in [-0.15, -0.1) is 0 Å². The number of urea groups is 1. The molecule has 230 valence electrons. The van der Waals surface area contributed by atoms with Gasteiger partial charge in [0, 0.05) is 41.8 Å². The van der Waals surface area contributed by atoms with E-state index in [0.717, 1.165) is 53.9 Å². The molecule has 1 fully saturated rings. The monoisotopic (exact) mass is 640 g/mol. The second kappa shape index (κ2) is 15.8. The Hall–Kier alpha value is -2.71. The maximum absolute atomic E-state index is 14.5. The van der Waals surface area contributed by atoms with Crippen LogP contribution >= 0.6 is 35.1 Å². The number of aliphatic imine (C=N–C) groups is 1. The van der Waals surface area contributed by atoms with E-state index in [0.29, 0.717) is 29.0 Å². The zero-order chi connectivity index (χ0) is 30.9. The Kier molecular flexibility index (Phi) is 12.2. The highest BCUT2D eigenvalue weighted by atomic mass is 35.5. The highest BCUT2D eigenvalue weighted by Gasteiger charge is 2.44. The predicted octanol–water partition coefficient (Wildman–Crippen LogP) is 8.93. The summed E-state index contributed by atoms with van der Waals surface area (Å²) in [6.45, 7) is 9.37. The molecule has 6 nitrogen and oxygen atoms in total. The fourth-order valence-corrected chi connectivity index (χ4v) is 6.24. The highest BCUT2D eigenvalue weighted by molar-refractivity contribution is 7.96. The van der Waals surface area contributed by atoms with Gasteiger partial charge in [0.15, 0.2) is 0 Å². The number of amides is 2. The number of ether oxygens (including phenoxy) is 1. The summed E-state index contributed by atoms with van der Waals surface area (Å²) < 4.78 is 7.84. The van der Waals surface area contributed by atoms with Crippen molar-refractivity contribution in [3.8, 4) is 5.75 Å². The first-order valence-electron chi connectivity index (χ1n) is 15.0. The lowest BCUT2D eigenvalue weighted by atomic mass is 9.93. The van der Waals surface area contributed by atoms with Crippen molar-refractivity contribution in [2.45, 2.75) is 52.1 Å². The Balaban J connectivity index is 0.00000135. The Bertz CT molecular complexity index is 1380. The van der Waals surface area contributed by atoms with Gasteiger partial charge in [-0.05, 0) is 71.8 Å². The van der Waals surface area contributed by atoms with Crippen LogP contribution in [0.25, 0.3) is 0 Å². The third-order valence-corrected chi connectivity index (χ3v) is 8.92. The summed E-state index contributed by atoms with van der Waals surface area (Å²) in [5.74, 6) is 1.48. The molecule has 2 amide bonds. The quantitative estimate of drug-likeness (QED) is 0.242. The summed E-state index contributed by atoms with van der Waals surface area (Å²) in [4.78, 5) is 23.7. The van der Waals surface area contributed by atoms with Gasteiger partial charge in [0.1, 0.15) is 17.6 Å². The Morgan fingerprint density at radius 3 is 2.02 bits per heavy atom. The van der Waals surface area contributed by atoms with Gasteiger partial charge in [0.2, 0.25) is 0 Å². The van der Waals surface area contributed by atoms with E-state index in [1.807, 2.05) is 70.5 Å². The molecule has 0 spiro atoms. The molecule has 2 atom stereocenters. The lowest BCUT2D eigenvalue weighted by Gasteiger charge is -2.38. The molecule has 2 unspecified atom stereocenters. The lowest BCUT2D eigenvalue weighted by molar-refractivity contribution is 0.146. The van der Waals surface area contributed by atoms with E-state index in [1.165, 1.54) is 6.42 Å². The first-order chi connectivity index (χ1) is 20.8. The van der Waals surface area contributed by atoms with Crippen LogP contribution in [0.2, 0.25) is 10.0 Å². The molecule has 0 N–H and O–H groups in total. The molecule has 3 aromatic carbocycles. The van der Waals surface area contributed by atoms with Gasteiger partial charge < -0.3 is 9.64 Å². The summed E-state index contributed by atoms with van der Waals surface area (Å²) >= 11 is 14.3. The highest BCUT2D eigenvalue weighted by Crippen LogP contribution is 2.45. The van der Waals surface area contributed by atoms with Crippen molar-refractivity contribution in [2.24, 2.45) is 4.99 Å². The topological polar surface area (TPSA) is 48.4 Å². The van der Waals surface area contributed by atoms with Crippen molar-refractivity contribution >= 4 is 47.0 Å². The first-order valence-corrected chi connectivity index (χ1v) is 16.9. The zero-order valence-corrected chi connectivity index (χ0v) is 28.1. The van der Waals surface area contributed by atoms with Crippen molar-refractivity contribution in [2.75, 3.05) is 39.5 Å². The van der Waals surface area contributed by atoms with E-state index in [2.05, 4.69) is 37.4 Å². The van der Waals surface area contributed by atoms with E-state index in [-0.39, 0.29) is 18.1 Å². The van der Waals surface area contributed by atoms with Gasteiger partial charge in [-0.25, -0.2) is 9.10 Å². The Labute approximate surface area is 271 Å². The van der Waals surface area contributed by atoms with Crippen molar-refractivity contribution in [3.05, 3.63) is 99.0 Å². The molecular formula is C34H42Cl2N4O2S. The molecular weight excluding hydrogens is 599 g/mol. The van der Waals surface area contributed by atoms with E-state index in [4.69, 9.17) is 32.9 Å². The summed E-state index contributed by atoms with van der Waals surface area (Å²) in [6.07, 6.45) is 5.13. The van der Waals surface area contributed by atoms with E-state index in [9.17, 15) is 4.79 Å². The largest absolute Gasteiger partial charge is 0.497 e. The number of rotatable bonds is 7. The molecule has 5 rings (SSSR count). The number of halogens is 2. The molecule has 43 heavy (non-hydrogen) atoms. The fourth-order valence-electron chi connectivity index (χ4n) is 5.46. The summed E-state index contributed by atoms with van der Waals surface area (Å²) in [6, 6.07) is 20.9. The normalized spacial score (nSPS) is 18.6. The maximum Gasteiger partial charge on any atom is 0.326 e. The van der Waals surface area contributed by atoms with Crippen LogP contribution in [-0.2, 0) is 6.42 Å². The van der Waals surface area contributed by atoms with Crippen molar-refractivity contribution < 1.29 is 9.53 Å². The maximum atomic E-state index is 14.5. The minimum Gasteiger partial charge on any atom is -0.497 e. The van der Waals surface area contributed by atoms with Crippen LogP contribution in [0.5, 0.6) is 5.75 Å². The molecule has 0 saturated carbocycles. The standard InChI is InChI=1S/C31H34Cl2N4O2S.C3H8/c1-4-5-23-20-26(39-2)14-15-27(23)30-34-28(21-6-10-24(32)11-7-21)29(22-8-12-25(33)13-9-22)37(30)31(38)35-16-18-36(40-3)19-17-35;1-3-2/h6-15,20,28-29H,4-5,16-19H2,1-3H3;3H2,1-2H3. The minimum atomic E-state index is -0.351. The number of hydrogen-bond donors (Lipinski definition) is 0. The van der Waals surface area contributed by atoms with Crippen LogP contribution in [-0.4, -0.2) is 65.5 Å². The smallest absolute Gasteiger partial charge is 0.326 e. The molecule has 2 aliphatic heterocycles. The van der Waals surface area contributed by atoms with Crippen LogP contribution in [0, 0.1) is 0 Å². The average molecular weight is 642 g/mol. The number of carbonyl (C=O) groups excluding carboxylic acids is 1. The lowest BCUT2D eigenvalue weighted by Crippen LogP contribution is -2.53. The number of methoxy groups -OCH3 is 1. The second-order valence-corrected chi connectivity index (χ2v) is 12.4. The molecule has 2 heterocycles. The van der Waals surface area contributed by atoms with Crippen molar-refractivity contribution in [1.82, 2.24) is 14.1 Å². The molecule has 0 aromatic heterocycles. The van der Waals surface area contributed by atoms with E-state index in [1.54, 1.807) is 19.1 Å². The second-order valence-electron chi connectivity index (χ2n) is 10.7. The summed E-state index contributed by atoms with van der Waals surface area (Å²) in [5.41, 5.74) is 4.03. The summed E-state index contributed by atoms with van der Waals surface area (Å²) in [7, 11) is 1.68. The third-order valence-electron chi connectivity index (χ3n) is 7.54. The number of hydrogen-bond acceptors (Lipinski definition) is 5. The first kappa shape index (κ1) is 33.2. The van der Waals surface area contributed by atoms with E-state index < -0.39 is 0 Å². The average Bonchev–Trinajstić information content (AvgIpc) is 3.42. The molecule has 3 aromatic rings. The van der Waals surface area contributed by atoms with Crippen LogP contribution in [0.3, 0.4) is 0 Å². The van der Waals surface area contributed by atoms with Crippen molar-refractivity contribution in [1.29, 1.82) is 0 Å². The molecule has 0 bridgehead atoms. The van der Waals surface area contributed by atoms with E-state index >= 15 is 0 Å². The van der Waals surface area contributed by atoms with Gasteiger partial charge in [-0.2, -0.15) is 0 Å². The number of nitrogens with zero attached hydrogens (tertiary/aromatic N) is 4. The molecule has 0 radical (unpaired) electrons. The number of piperazine rings is 1. The Morgan fingerprint density at radius 1 is 0.907 bits per heavy atom. The molecule has 1 saturated heterocycles. The number of aryl methyl sites for hydroxylation is 1. The van der Waals surface area contributed by atoms with Crippen LogP contribution in [0.15, 0.2) is 71.7 Å². The van der Waals surface area contributed by atoms with Crippen molar-refractivity contribution in [3.63, 3.8) is 0 Å². The third kappa shape index (κ3) is 7.88. The van der Waals surface area contributed by atoms with Crippen LogP contribution in [0.4, 0.5) is 4.79 Å². The SMILES string of the molecule is CCC.CCCc1cc(OC)ccc1C1=NC(c2ccc(Cl)cc2)C(c2ccc(Cl)cc2)N1C(=O)N1CCN(SC)CC1. The summed E-state index contributed by atoms with van der Waals surface area (Å²) in [5, 5.41) is 1.31. The zero-order valence-electron chi connectivity index (χ0n) is 25.7. The fraction of sp³-hybridized carbons (Fsp3) is 0.412. The van der Waals surface area contributed by atoms with Gasteiger partial charge in [0.05, 0.1) is 13.2 Å². The van der Waals surface area contributed by atoms with Crippen LogP contribution < -0.4 is 4.74 Å². The predicted molar refractivity (Wildman–Crippen MR) is 182 cm³/mol.